The largest absolute Gasteiger partial charge is 0.536 e. The van der Waals surface area contributed by atoms with Crippen LogP contribution >= 0.6 is 0 Å². The molecule has 1 atom stereocenters. The van der Waals surface area contributed by atoms with Crippen LogP contribution < -0.4 is 0 Å². The second-order valence-electron chi connectivity index (χ2n) is 9.31. The van der Waals surface area contributed by atoms with E-state index in [1.807, 2.05) is 0 Å². The standard InChI is InChI=1S/C18H35NO2Si2/c1-17(2,3)22(7,8)16(20)13-11-12-15(14-19)21-23(9,10)18(4,5)6/h11-13,16,20H,1-10H3/b13-11+,15-12+. The SMILES string of the molecule is CC(C)(C)[Si](C)(C)O/C(C#N)=C/C=C/C(O)[Si](C)(C)C(C)(C)C. The molecule has 1 N–H and O–H groups in total. The summed E-state index contributed by atoms with van der Waals surface area (Å²) >= 11 is 0. The summed E-state index contributed by atoms with van der Waals surface area (Å²) in [7, 11) is -3.85. The molecule has 0 rings (SSSR count). The number of aliphatic hydroxyl groups is 1. The molecule has 0 spiro atoms. The Balaban J connectivity index is 5.16. The molecule has 0 radical (unpaired) electrons. The molecule has 1 unspecified atom stereocenters. The third-order valence-corrected chi connectivity index (χ3v) is 15.4. The predicted octanol–water partition coefficient (Wildman–Crippen LogP) is 5.38. The molecule has 132 valence electrons. The van der Waals surface area contributed by atoms with Crippen LogP contribution in [0.25, 0.3) is 0 Å². The molecule has 0 saturated carbocycles. The van der Waals surface area contributed by atoms with Crippen LogP contribution in [0.5, 0.6) is 0 Å². The van der Waals surface area contributed by atoms with E-state index in [0.717, 1.165) is 0 Å². The van der Waals surface area contributed by atoms with Crippen molar-refractivity contribution in [3.8, 4) is 6.07 Å². The Morgan fingerprint density at radius 1 is 1.04 bits per heavy atom. The van der Waals surface area contributed by atoms with Crippen molar-refractivity contribution in [3.05, 3.63) is 24.0 Å². The summed E-state index contributed by atoms with van der Waals surface area (Å²) in [5.41, 5.74) is -0.452. The molecule has 0 aliphatic carbocycles. The van der Waals surface area contributed by atoms with Gasteiger partial charge in [0.2, 0.25) is 0 Å². The monoisotopic (exact) mass is 353 g/mol. The lowest BCUT2D eigenvalue weighted by atomic mass is 10.2. The molecule has 0 aromatic carbocycles. The van der Waals surface area contributed by atoms with E-state index in [1.165, 1.54) is 0 Å². The third-order valence-electron chi connectivity index (χ3n) is 5.49. The fraction of sp³-hybridized carbons (Fsp3) is 0.722. The van der Waals surface area contributed by atoms with Gasteiger partial charge < -0.3 is 9.53 Å². The molecular formula is C18H35NO2Si2. The van der Waals surface area contributed by atoms with E-state index in [2.05, 4.69) is 73.8 Å². The summed E-state index contributed by atoms with van der Waals surface area (Å²) in [5, 5.41) is 19.9. The topological polar surface area (TPSA) is 53.2 Å². The zero-order valence-corrected chi connectivity index (χ0v) is 18.6. The maximum atomic E-state index is 10.5. The normalized spacial score (nSPS) is 16.3. The van der Waals surface area contributed by atoms with E-state index >= 15 is 0 Å². The van der Waals surface area contributed by atoms with Crippen molar-refractivity contribution in [2.45, 2.75) is 83.5 Å². The van der Waals surface area contributed by atoms with Gasteiger partial charge in [-0.3, -0.25) is 0 Å². The van der Waals surface area contributed by atoms with Crippen LogP contribution in [0.15, 0.2) is 24.0 Å². The highest BCUT2D eigenvalue weighted by Crippen LogP contribution is 2.39. The van der Waals surface area contributed by atoms with E-state index < -0.39 is 22.1 Å². The summed E-state index contributed by atoms with van der Waals surface area (Å²) in [6.07, 6.45) is 5.23. The van der Waals surface area contributed by atoms with Crippen LogP contribution in [-0.2, 0) is 4.43 Å². The summed E-state index contributed by atoms with van der Waals surface area (Å²) < 4.78 is 6.00. The number of nitriles is 1. The van der Waals surface area contributed by atoms with Crippen molar-refractivity contribution in [3.63, 3.8) is 0 Å². The first-order chi connectivity index (χ1) is 10.1. The molecule has 0 amide bonds. The summed E-state index contributed by atoms with van der Waals surface area (Å²) in [6.45, 7) is 21.6. The number of aliphatic hydroxyl groups excluding tert-OH is 1. The number of hydrogen-bond acceptors (Lipinski definition) is 3. The van der Waals surface area contributed by atoms with Gasteiger partial charge in [-0.1, -0.05) is 66.8 Å². The Hall–Kier alpha value is -0.836. The van der Waals surface area contributed by atoms with E-state index in [9.17, 15) is 10.4 Å². The van der Waals surface area contributed by atoms with Gasteiger partial charge in [0.05, 0.1) is 13.8 Å². The fourth-order valence-corrected chi connectivity index (χ4v) is 3.90. The molecule has 0 aromatic rings. The predicted molar refractivity (Wildman–Crippen MR) is 104 cm³/mol. The first kappa shape index (κ1) is 22.2. The molecule has 0 heterocycles. The molecule has 23 heavy (non-hydrogen) atoms. The molecule has 0 aliphatic rings. The van der Waals surface area contributed by atoms with Gasteiger partial charge in [0.15, 0.2) is 5.76 Å². The Kier molecular flexibility index (Phi) is 7.10. The van der Waals surface area contributed by atoms with Gasteiger partial charge in [0.1, 0.15) is 6.07 Å². The Morgan fingerprint density at radius 3 is 1.87 bits per heavy atom. The lowest BCUT2D eigenvalue weighted by Crippen LogP contribution is -2.48. The lowest BCUT2D eigenvalue weighted by molar-refractivity contribution is 0.284. The molecule has 5 heteroatoms. The van der Waals surface area contributed by atoms with E-state index in [1.54, 1.807) is 18.2 Å². The Bertz CT molecular complexity index is 501. The average molecular weight is 354 g/mol. The number of rotatable bonds is 5. The lowest BCUT2D eigenvalue weighted by Gasteiger charge is -2.39. The zero-order chi connectivity index (χ0) is 18.7. The van der Waals surface area contributed by atoms with Crippen LogP contribution in [-0.4, -0.2) is 27.2 Å². The third kappa shape index (κ3) is 5.94. The maximum absolute atomic E-state index is 10.5. The number of allylic oxidation sites excluding steroid dienone is 3. The Labute approximate surface area is 145 Å². The van der Waals surface area contributed by atoms with Crippen LogP contribution in [0.4, 0.5) is 0 Å². The molecule has 3 nitrogen and oxygen atoms in total. The van der Waals surface area contributed by atoms with Gasteiger partial charge in [-0.15, -0.1) is 0 Å². The highest BCUT2D eigenvalue weighted by molar-refractivity contribution is 6.81. The van der Waals surface area contributed by atoms with Crippen molar-refractivity contribution in [1.29, 1.82) is 5.26 Å². The minimum Gasteiger partial charge on any atom is -0.536 e. The molecule has 0 saturated heterocycles. The average Bonchev–Trinajstić information content (AvgIpc) is 2.34. The second kappa shape index (κ2) is 7.37. The molecular weight excluding hydrogens is 318 g/mol. The van der Waals surface area contributed by atoms with Crippen LogP contribution in [0, 0.1) is 11.3 Å². The van der Waals surface area contributed by atoms with Crippen molar-refractivity contribution < 1.29 is 9.53 Å². The highest BCUT2D eigenvalue weighted by atomic mass is 28.4. The zero-order valence-electron chi connectivity index (χ0n) is 16.6. The minimum absolute atomic E-state index is 0.0489. The van der Waals surface area contributed by atoms with Crippen molar-refractivity contribution in [1.82, 2.24) is 0 Å². The number of hydrogen-bond donors (Lipinski definition) is 1. The van der Waals surface area contributed by atoms with Gasteiger partial charge in [-0.05, 0) is 29.2 Å². The fourth-order valence-electron chi connectivity index (χ4n) is 1.45. The maximum Gasteiger partial charge on any atom is 0.251 e. The summed E-state index contributed by atoms with van der Waals surface area (Å²) in [5.74, 6) is 0.329. The summed E-state index contributed by atoms with van der Waals surface area (Å²) in [6, 6.07) is 2.13. The van der Waals surface area contributed by atoms with E-state index in [0.29, 0.717) is 5.76 Å². The van der Waals surface area contributed by atoms with Crippen LogP contribution in [0.1, 0.15) is 41.5 Å². The molecule has 0 bridgehead atoms. The number of nitrogens with zero attached hydrogens (tertiary/aromatic N) is 1. The van der Waals surface area contributed by atoms with Crippen molar-refractivity contribution >= 4 is 16.4 Å². The van der Waals surface area contributed by atoms with E-state index in [4.69, 9.17) is 4.43 Å². The van der Waals surface area contributed by atoms with Crippen molar-refractivity contribution in [2.75, 3.05) is 0 Å². The molecule has 0 aromatic heterocycles. The second-order valence-corrected chi connectivity index (χ2v) is 19.6. The quantitative estimate of drug-likeness (QED) is 0.312. The van der Waals surface area contributed by atoms with E-state index in [-0.39, 0.29) is 10.1 Å². The highest BCUT2D eigenvalue weighted by Gasteiger charge is 2.41. The van der Waals surface area contributed by atoms with Crippen molar-refractivity contribution in [2.24, 2.45) is 0 Å². The van der Waals surface area contributed by atoms with Crippen LogP contribution in [0.2, 0.25) is 36.3 Å². The van der Waals surface area contributed by atoms with Gasteiger partial charge in [0.25, 0.3) is 8.32 Å². The van der Waals surface area contributed by atoms with Gasteiger partial charge in [-0.25, -0.2) is 0 Å². The van der Waals surface area contributed by atoms with Gasteiger partial charge in [-0.2, -0.15) is 5.26 Å². The molecule has 0 aliphatic heterocycles. The van der Waals surface area contributed by atoms with Crippen LogP contribution in [0.3, 0.4) is 0 Å². The van der Waals surface area contributed by atoms with Gasteiger partial charge >= 0.3 is 0 Å². The van der Waals surface area contributed by atoms with Gasteiger partial charge in [0, 0.05) is 0 Å². The summed E-state index contributed by atoms with van der Waals surface area (Å²) in [4.78, 5) is 0. The first-order valence-electron chi connectivity index (χ1n) is 8.22. The molecule has 0 fully saturated rings. The smallest absolute Gasteiger partial charge is 0.251 e. The first-order valence-corrected chi connectivity index (χ1v) is 14.2. The minimum atomic E-state index is -2.01. The Morgan fingerprint density at radius 2 is 1.52 bits per heavy atom.